The maximum atomic E-state index is 8.25. The minimum Gasteiger partial charge on any atom is -0.357 e. The first-order chi connectivity index (χ1) is 8.18. The van der Waals surface area contributed by atoms with Crippen LogP contribution in [0.3, 0.4) is 0 Å². The summed E-state index contributed by atoms with van der Waals surface area (Å²) < 4.78 is 0. The molecule has 0 aromatic heterocycles. The summed E-state index contributed by atoms with van der Waals surface area (Å²) in [5.41, 5.74) is 1.02. The quantitative estimate of drug-likeness (QED) is 0.611. The highest BCUT2D eigenvalue weighted by Crippen LogP contribution is 2.27. The zero-order chi connectivity index (χ0) is 12.3. The Bertz CT molecular complexity index is 364. The van der Waals surface area contributed by atoms with E-state index in [0.29, 0.717) is 11.9 Å². The Morgan fingerprint density at radius 3 is 2.29 bits per heavy atom. The molecule has 1 aromatic rings. The van der Waals surface area contributed by atoms with E-state index in [1.165, 1.54) is 25.7 Å². The number of hydrogen-bond donors (Lipinski definition) is 1. The van der Waals surface area contributed by atoms with Crippen molar-refractivity contribution in [2.45, 2.75) is 38.6 Å². The zero-order valence-electron chi connectivity index (χ0n) is 10.8. The van der Waals surface area contributed by atoms with Crippen LogP contribution in [0, 0.1) is 11.3 Å². The van der Waals surface area contributed by atoms with Crippen LogP contribution in [0.5, 0.6) is 0 Å². The molecule has 0 amide bonds. The van der Waals surface area contributed by atoms with Gasteiger partial charge in [-0.3, -0.25) is 5.41 Å². The summed E-state index contributed by atoms with van der Waals surface area (Å²) >= 11 is 0. The van der Waals surface area contributed by atoms with Crippen molar-refractivity contribution < 1.29 is 0 Å². The summed E-state index contributed by atoms with van der Waals surface area (Å²) in [5, 5.41) is 8.25. The van der Waals surface area contributed by atoms with Crippen LogP contribution < -0.4 is 0 Å². The third-order valence-electron chi connectivity index (χ3n) is 3.93. The molecule has 2 heteroatoms. The van der Waals surface area contributed by atoms with Crippen LogP contribution in [0.1, 0.15) is 38.2 Å². The summed E-state index contributed by atoms with van der Waals surface area (Å²) in [6, 6.07) is 10.6. The van der Waals surface area contributed by atoms with E-state index in [0.717, 1.165) is 11.5 Å². The molecule has 1 saturated carbocycles. The third-order valence-corrected chi connectivity index (χ3v) is 3.93. The van der Waals surface area contributed by atoms with Gasteiger partial charge in [0.2, 0.25) is 0 Å². The van der Waals surface area contributed by atoms with Crippen molar-refractivity contribution in [1.29, 1.82) is 5.41 Å². The molecular weight excluding hydrogens is 208 g/mol. The van der Waals surface area contributed by atoms with Gasteiger partial charge in [-0.1, -0.05) is 37.3 Å². The first-order valence-electron chi connectivity index (χ1n) is 6.55. The Morgan fingerprint density at radius 1 is 1.12 bits per heavy atom. The van der Waals surface area contributed by atoms with E-state index >= 15 is 0 Å². The SMILES string of the molecule is CC1CCC(N(C)C(=N)c2ccccc2)CC1. The monoisotopic (exact) mass is 230 g/mol. The summed E-state index contributed by atoms with van der Waals surface area (Å²) in [5.74, 6) is 1.52. The number of hydrogen-bond acceptors (Lipinski definition) is 1. The van der Waals surface area contributed by atoms with Crippen LogP contribution in [0.15, 0.2) is 30.3 Å². The molecule has 0 saturated heterocycles. The second-order valence-corrected chi connectivity index (χ2v) is 5.24. The van der Waals surface area contributed by atoms with Crippen LogP contribution in [-0.4, -0.2) is 23.8 Å². The lowest BCUT2D eigenvalue weighted by Gasteiger charge is -2.35. The number of nitrogens with one attached hydrogen (secondary N) is 1. The molecule has 92 valence electrons. The van der Waals surface area contributed by atoms with Gasteiger partial charge in [-0.15, -0.1) is 0 Å². The van der Waals surface area contributed by atoms with Crippen molar-refractivity contribution in [2.24, 2.45) is 5.92 Å². The standard InChI is InChI=1S/C15H22N2/c1-12-8-10-14(11-9-12)17(2)15(16)13-6-4-3-5-7-13/h3-7,12,14,16H,8-11H2,1-2H3. The molecule has 0 bridgehead atoms. The van der Waals surface area contributed by atoms with Crippen LogP contribution >= 0.6 is 0 Å². The molecule has 2 rings (SSSR count). The van der Waals surface area contributed by atoms with Crippen molar-refractivity contribution in [3.63, 3.8) is 0 Å². The zero-order valence-corrected chi connectivity index (χ0v) is 10.8. The van der Waals surface area contributed by atoms with E-state index in [1.807, 2.05) is 30.3 Å². The van der Waals surface area contributed by atoms with Gasteiger partial charge in [-0.25, -0.2) is 0 Å². The largest absolute Gasteiger partial charge is 0.357 e. The molecule has 1 N–H and O–H groups in total. The Balaban J connectivity index is 2.00. The normalized spacial score (nSPS) is 24.4. The van der Waals surface area contributed by atoms with Crippen molar-refractivity contribution in [3.8, 4) is 0 Å². The van der Waals surface area contributed by atoms with E-state index in [4.69, 9.17) is 5.41 Å². The maximum absolute atomic E-state index is 8.25. The van der Waals surface area contributed by atoms with Crippen molar-refractivity contribution in [2.75, 3.05) is 7.05 Å². The fraction of sp³-hybridized carbons (Fsp3) is 0.533. The molecule has 0 unspecified atom stereocenters. The summed E-state index contributed by atoms with van der Waals surface area (Å²) in [6.07, 6.45) is 5.06. The van der Waals surface area contributed by atoms with Gasteiger partial charge in [0.15, 0.2) is 0 Å². The lowest BCUT2D eigenvalue weighted by Crippen LogP contribution is -2.39. The van der Waals surface area contributed by atoms with E-state index in [2.05, 4.69) is 18.9 Å². The first-order valence-corrected chi connectivity index (χ1v) is 6.55. The second kappa shape index (κ2) is 5.35. The highest BCUT2D eigenvalue weighted by atomic mass is 15.2. The minimum atomic E-state index is 0.555. The van der Waals surface area contributed by atoms with Gasteiger partial charge in [-0.05, 0) is 31.6 Å². The van der Waals surface area contributed by atoms with E-state index in [9.17, 15) is 0 Å². The highest BCUT2D eigenvalue weighted by molar-refractivity contribution is 5.96. The van der Waals surface area contributed by atoms with Gasteiger partial charge >= 0.3 is 0 Å². The molecule has 0 aliphatic heterocycles. The fourth-order valence-corrected chi connectivity index (χ4v) is 2.61. The lowest BCUT2D eigenvalue weighted by molar-refractivity contribution is 0.238. The lowest BCUT2D eigenvalue weighted by atomic mass is 9.86. The van der Waals surface area contributed by atoms with Crippen molar-refractivity contribution >= 4 is 5.84 Å². The summed E-state index contributed by atoms with van der Waals surface area (Å²) in [6.45, 7) is 2.33. The Hall–Kier alpha value is -1.31. The molecule has 0 heterocycles. The van der Waals surface area contributed by atoms with Crippen LogP contribution in [0.2, 0.25) is 0 Å². The van der Waals surface area contributed by atoms with Gasteiger partial charge in [0.1, 0.15) is 5.84 Å². The third kappa shape index (κ3) is 2.87. The first kappa shape index (κ1) is 12.2. The average molecular weight is 230 g/mol. The molecule has 1 aliphatic carbocycles. The van der Waals surface area contributed by atoms with Gasteiger partial charge in [0.05, 0.1) is 0 Å². The van der Waals surface area contributed by atoms with Gasteiger partial charge in [0.25, 0.3) is 0 Å². The van der Waals surface area contributed by atoms with Crippen LogP contribution in [0.25, 0.3) is 0 Å². The Kier molecular flexibility index (Phi) is 3.82. The molecule has 1 fully saturated rings. The molecule has 2 nitrogen and oxygen atoms in total. The fourth-order valence-electron chi connectivity index (χ4n) is 2.61. The number of nitrogens with zero attached hydrogens (tertiary/aromatic N) is 1. The second-order valence-electron chi connectivity index (χ2n) is 5.24. The van der Waals surface area contributed by atoms with Crippen molar-refractivity contribution in [3.05, 3.63) is 35.9 Å². The Labute approximate surface area is 104 Å². The molecule has 0 radical (unpaired) electrons. The smallest absolute Gasteiger partial charge is 0.128 e. The van der Waals surface area contributed by atoms with E-state index < -0.39 is 0 Å². The molecule has 17 heavy (non-hydrogen) atoms. The molecule has 0 spiro atoms. The average Bonchev–Trinajstić information content (AvgIpc) is 2.39. The number of rotatable bonds is 2. The Morgan fingerprint density at radius 2 is 1.71 bits per heavy atom. The number of amidine groups is 1. The summed E-state index contributed by atoms with van der Waals surface area (Å²) in [4.78, 5) is 2.15. The minimum absolute atomic E-state index is 0.555. The molecule has 1 aliphatic rings. The van der Waals surface area contributed by atoms with Crippen LogP contribution in [-0.2, 0) is 0 Å². The van der Waals surface area contributed by atoms with Gasteiger partial charge in [0, 0.05) is 18.7 Å². The van der Waals surface area contributed by atoms with Crippen molar-refractivity contribution in [1.82, 2.24) is 4.90 Å². The summed E-state index contributed by atoms with van der Waals surface area (Å²) in [7, 11) is 2.07. The van der Waals surface area contributed by atoms with Crippen LogP contribution in [0.4, 0.5) is 0 Å². The molecule has 1 aromatic carbocycles. The van der Waals surface area contributed by atoms with E-state index in [1.54, 1.807) is 0 Å². The van der Waals surface area contributed by atoms with Gasteiger partial charge in [-0.2, -0.15) is 0 Å². The highest BCUT2D eigenvalue weighted by Gasteiger charge is 2.23. The van der Waals surface area contributed by atoms with E-state index in [-0.39, 0.29) is 0 Å². The molecule has 0 atom stereocenters. The maximum Gasteiger partial charge on any atom is 0.128 e. The molecular formula is C15H22N2. The van der Waals surface area contributed by atoms with Gasteiger partial charge < -0.3 is 4.90 Å². The predicted octanol–water partition coefficient (Wildman–Crippen LogP) is 3.52. The predicted molar refractivity (Wildman–Crippen MR) is 72.5 cm³/mol. The topological polar surface area (TPSA) is 27.1 Å². The number of benzene rings is 1.